The van der Waals surface area contributed by atoms with Crippen LogP contribution in [0.2, 0.25) is 0 Å². The minimum atomic E-state index is -0.278. The van der Waals surface area contributed by atoms with Crippen molar-refractivity contribution in [1.29, 1.82) is 0 Å². The Hall–Kier alpha value is -3.66. The van der Waals surface area contributed by atoms with Crippen LogP contribution in [-0.4, -0.2) is 62.3 Å². The molecule has 38 heavy (non-hydrogen) atoms. The van der Waals surface area contributed by atoms with E-state index in [-0.39, 0.29) is 34.9 Å². The quantitative estimate of drug-likeness (QED) is 0.488. The molecule has 3 aromatic heterocycles. The number of aryl methyl sites for hydroxylation is 1. The van der Waals surface area contributed by atoms with Crippen LogP contribution in [0.1, 0.15) is 74.3 Å². The van der Waals surface area contributed by atoms with Crippen molar-refractivity contribution in [3.63, 3.8) is 0 Å². The third-order valence-corrected chi connectivity index (χ3v) is 8.03. The van der Waals surface area contributed by atoms with Gasteiger partial charge in [0.05, 0.1) is 17.4 Å². The maximum absolute atomic E-state index is 13.4. The van der Waals surface area contributed by atoms with Crippen LogP contribution in [0.3, 0.4) is 0 Å². The van der Waals surface area contributed by atoms with Crippen molar-refractivity contribution in [3.05, 3.63) is 46.0 Å². The Morgan fingerprint density at radius 3 is 2.53 bits per heavy atom. The highest BCUT2D eigenvalue weighted by atomic mass is 16.2. The van der Waals surface area contributed by atoms with Crippen LogP contribution in [0.4, 0.5) is 17.5 Å². The van der Waals surface area contributed by atoms with Crippen molar-refractivity contribution < 1.29 is 9.59 Å². The Morgan fingerprint density at radius 2 is 1.87 bits per heavy atom. The zero-order chi connectivity index (χ0) is 27.0. The molecule has 0 aromatic carbocycles. The van der Waals surface area contributed by atoms with Gasteiger partial charge in [-0.05, 0) is 57.9 Å². The van der Waals surface area contributed by atoms with E-state index in [4.69, 9.17) is 4.98 Å². The number of Topliss-reactive ketones (excluding diaryl/α,β-unsaturated/α-hetero) is 1. The molecule has 2 fully saturated rings. The first-order chi connectivity index (χ1) is 18.3. The second kappa shape index (κ2) is 10.6. The minimum absolute atomic E-state index is 0.0152. The molecule has 0 spiro atoms. The number of rotatable bonds is 6. The summed E-state index contributed by atoms with van der Waals surface area (Å²) in [4.78, 5) is 56.4. The number of aromatic nitrogens is 4. The summed E-state index contributed by atoms with van der Waals surface area (Å²) in [5.41, 5.74) is 1.83. The lowest BCUT2D eigenvalue weighted by molar-refractivity contribution is -0.119. The van der Waals surface area contributed by atoms with Gasteiger partial charge in [0.25, 0.3) is 5.56 Å². The van der Waals surface area contributed by atoms with Gasteiger partial charge in [-0.15, -0.1) is 0 Å². The van der Waals surface area contributed by atoms with E-state index in [1.54, 1.807) is 34.9 Å². The fourth-order valence-electron chi connectivity index (χ4n) is 5.80. The molecule has 1 aliphatic carbocycles. The van der Waals surface area contributed by atoms with E-state index in [0.29, 0.717) is 41.3 Å². The van der Waals surface area contributed by atoms with Gasteiger partial charge in [0.15, 0.2) is 5.78 Å². The molecular weight excluding hydrogens is 482 g/mol. The fourth-order valence-corrected chi connectivity index (χ4v) is 5.80. The van der Waals surface area contributed by atoms with E-state index < -0.39 is 0 Å². The van der Waals surface area contributed by atoms with Crippen molar-refractivity contribution in [2.45, 2.75) is 71.4 Å². The van der Waals surface area contributed by atoms with Gasteiger partial charge in [-0.2, -0.15) is 4.98 Å². The Labute approximate surface area is 222 Å². The molecule has 0 unspecified atom stereocenters. The molecule has 1 saturated carbocycles. The highest BCUT2D eigenvalue weighted by Crippen LogP contribution is 2.32. The van der Waals surface area contributed by atoms with Gasteiger partial charge in [-0.3, -0.25) is 19.0 Å². The normalized spacial score (nSPS) is 19.2. The van der Waals surface area contributed by atoms with Gasteiger partial charge in [-0.1, -0.05) is 19.8 Å². The smallest absolute Gasteiger partial charge is 0.263 e. The number of amides is 1. The summed E-state index contributed by atoms with van der Waals surface area (Å²) < 4.78 is 1.70. The predicted molar refractivity (Wildman–Crippen MR) is 147 cm³/mol. The number of nitrogens with one attached hydrogen (secondary N) is 1. The first-order valence-electron chi connectivity index (χ1n) is 13.4. The summed E-state index contributed by atoms with van der Waals surface area (Å²) in [5.74, 6) is 0.710. The number of fused-ring (bicyclic) bond motifs is 1. The molecule has 1 atom stereocenters. The molecule has 10 heteroatoms. The molecule has 10 nitrogen and oxygen atoms in total. The number of hydrogen-bond donors (Lipinski definition) is 1. The lowest BCUT2D eigenvalue weighted by Gasteiger charge is -2.22. The maximum Gasteiger partial charge on any atom is 0.263 e. The van der Waals surface area contributed by atoms with Gasteiger partial charge in [0.1, 0.15) is 11.5 Å². The Bertz CT molecular complexity index is 1430. The van der Waals surface area contributed by atoms with E-state index >= 15 is 0 Å². The second-order valence-corrected chi connectivity index (χ2v) is 10.4. The number of likely N-dealkylation sites (N-methyl/N-ethyl adjacent to an activating group) is 1. The van der Waals surface area contributed by atoms with Crippen LogP contribution in [0.5, 0.6) is 0 Å². The number of carbonyl (C=O) groups excluding carboxylic acids is 2. The molecule has 2 aliphatic rings. The number of ketones is 1. The zero-order valence-corrected chi connectivity index (χ0v) is 22.5. The average Bonchev–Trinajstić information content (AvgIpc) is 3.37. The highest BCUT2D eigenvalue weighted by Gasteiger charge is 2.28. The predicted octanol–water partition coefficient (Wildman–Crippen LogP) is 4.00. The van der Waals surface area contributed by atoms with Crippen LogP contribution in [0, 0.1) is 6.92 Å². The van der Waals surface area contributed by atoms with E-state index in [1.165, 1.54) is 6.92 Å². The van der Waals surface area contributed by atoms with Crippen molar-refractivity contribution in [1.82, 2.24) is 24.4 Å². The largest absolute Gasteiger partial charge is 0.310 e. The Kier molecular flexibility index (Phi) is 7.25. The number of anilines is 3. The molecule has 1 saturated heterocycles. The van der Waals surface area contributed by atoms with Crippen LogP contribution in [0.15, 0.2) is 29.3 Å². The molecule has 4 heterocycles. The average molecular weight is 518 g/mol. The van der Waals surface area contributed by atoms with Crippen LogP contribution >= 0.6 is 0 Å². The van der Waals surface area contributed by atoms with Gasteiger partial charge in [0, 0.05) is 43.2 Å². The lowest BCUT2D eigenvalue weighted by atomic mass is 10.0. The van der Waals surface area contributed by atoms with Crippen LogP contribution in [-0.2, 0) is 4.79 Å². The van der Waals surface area contributed by atoms with Gasteiger partial charge >= 0.3 is 0 Å². The molecule has 1 aliphatic heterocycles. The topological polar surface area (TPSA) is 113 Å². The maximum atomic E-state index is 13.4. The third kappa shape index (κ3) is 4.80. The number of nitrogens with zero attached hydrogens (tertiary/aromatic N) is 6. The van der Waals surface area contributed by atoms with Crippen molar-refractivity contribution in [2.75, 3.05) is 30.4 Å². The standard InChI is InChI=1S/C28H35N7O3/c1-5-19-14-24(37)34(13-12-33(19)4)21-10-11-23(29-15-21)31-28-30-16-22-17(2)25(18(3)36)27(38)35(26(22)32-28)20-8-6-7-9-20/h10-11,15-16,19-20H,5-9,12-14H2,1-4H3,(H,29,30,31,32)/t19-/m0/s1. The van der Waals surface area contributed by atoms with E-state index in [0.717, 1.165) is 44.3 Å². The molecule has 0 bridgehead atoms. The zero-order valence-electron chi connectivity index (χ0n) is 22.5. The van der Waals surface area contributed by atoms with Crippen LogP contribution in [0.25, 0.3) is 11.0 Å². The van der Waals surface area contributed by atoms with Crippen molar-refractivity contribution in [3.8, 4) is 0 Å². The molecule has 1 amide bonds. The molecule has 3 aromatic rings. The number of hydrogen-bond acceptors (Lipinski definition) is 8. The summed E-state index contributed by atoms with van der Waals surface area (Å²) in [6.45, 7) is 6.75. The van der Waals surface area contributed by atoms with Gasteiger partial charge in [-0.25, -0.2) is 9.97 Å². The minimum Gasteiger partial charge on any atom is -0.310 e. The highest BCUT2D eigenvalue weighted by molar-refractivity contribution is 5.99. The monoisotopic (exact) mass is 517 g/mol. The summed E-state index contributed by atoms with van der Waals surface area (Å²) in [5, 5.41) is 3.84. The summed E-state index contributed by atoms with van der Waals surface area (Å²) in [6, 6.07) is 3.94. The summed E-state index contributed by atoms with van der Waals surface area (Å²) in [7, 11) is 2.06. The molecule has 5 rings (SSSR count). The molecule has 200 valence electrons. The first kappa shape index (κ1) is 26.0. The summed E-state index contributed by atoms with van der Waals surface area (Å²) >= 11 is 0. The van der Waals surface area contributed by atoms with Gasteiger partial charge < -0.3 is 15.1 Å². The molecular formula is C28H35N7O3. The molecule has 1 N–H and O–H groups in total. The van der Waals surface area contributed by atoms with E-state index in [2.05, 4.69) is 34.2 Å². The Morgan fingerprint density at radius 1 is 1.11 bits per heavy atom. The van der Waals surface area contributed by atoms with E-state index in [1.807, 2.05) is 6.07 Å². The SMILES string of the molecule is CC[C@H]1CC(=O)N(c2ccc(Nc3ncc4c(C)c(C(C)=O)c(=O)n(C5CCCC5)c4n3)nc2)CCN1C. The van der Waals surface area contributed by atoms with E-state index in [9.17, 15) is 14.4 Å². The Balaban J connectivity index is 1.44. The van der Waals surface area contributed by atoms with Gasteiger partial charge in [0.2, 0.25) is 11.9 Å². The lowest BCUT2D eigenvalue weighted by Crippen LogP contribution is -2.32. The van der Waals surface area contributed by atoms with Crippen LogP contribution < -0.4 is 15.8 Å². The molecule has 0 radical (unpaired) electrons. The number of pyridine rings is 2. The second-order valence-electron chi connectivity index (χ2n) is 10.4. The van der Waals surface area contributed by atoms with Crippen molar-refractivity contribution in [2.24, 2.45) is 0 Å². The summed E-state index contributed by atoms with van der Waals surface area (Å²) in [6.07, 6.45) is 8.64. The first-order valence-corrected chi connectivity index (χ1v) is 13.4. The fraction of sp³-hybridized carbons (Fsp3) is 0.500. The van der Waals surface area contributed by atoms with Crippen molar-refractivity contribution >= 4 is 40.2 Å². The number of carbonyl (C=O) groups is 2. The third-order valence-electron chi connectivity index (χ3n) is 8.03.